The summed E-state index contributed by atoms with van der Waals surface area (Å²) in [5.74, 6) is 0. The van der Waals surface area contributed by atoms with Crippen LogP contribution >= 0.6 is 0 Å². The first-order valence-electron chi connectivity index (χ1n) is 7.04. The van der Waals surface area contributed by atoms with Gasteiger partial charge in [0.15, 0.2) is 0 Å². The maximum atomic E-state index is 12.2. The third-order valence-corrected chi connectivity index (χ3v) is 4.58. The van der Waals surface area contributed by atoms with Gasteiger partial charge in [0, 0.05) is 6.04 Å². The van der Waals surface area contributed by atoms with E-state index in [4.69, 9.17) is 0 Å². The van der Waals surface area contributed by atoms with E-state index >= 15 is 0 Å². The average molecular weight is 302 g/mol. The molecule has 0 aliphatic heterocycles. The lowest BCUT2D eigenvalue weighted by atomic mass is 9.98. The zero-order chi connectivity index (χ0) is 15.4. The molecule has 2 atom stereocenters. The van der Waals surface area contributed by atoms with Crippen molar-refractivity contribution in [2.24, 2.45) is 0 Å². The molecule has 2 unspecified atom stereocenters. The number of benzene rings is 2. The van der Waals surface area contributed by atoms with Gasteiger partial charge < -0.3 is 0 Å². The van der Waals surface area contributed by atoms with Crippen LogP contribution in [0.4, 0.5) is 0 Å². The van der Waals surface area contributed by atoms with Crippen molar-refractivity contribution in [2.75, 3.05) is 0 Å². The van der Waals surface area contributed by atoms with Crippen LogP contribution in [0.15, 0.2) is 47.4 Å². The van der Waals surface area contributed by atoms with Gasteiger partial charge in [-0.05, 0) is 56.5 Å². The highest BCUT2D eigenvalue weighted by atomic mass is 32.2. The second-order valence-corrected chi connectivity index (χ2v) is 6.57. The number of rotatable bonds is 5. The summed E-state index contributed by atoms with van der Waals surface area (Å²) in [6.45, 7) is 8.27. The molecule has 0 aliphatic rings. The van der Waals surface area contributed by atoms with Crippen LogP contribution in [0.5, 0.6) is 0 Å². The third-order valence-electron chi connectivity index (χ3n) is 3.58. The molecule has 4 heteroatoms. The van der Waals surface area contributed by atoms with Crippen molar-refractivity contribution in [1.29, 1.82) is 0 Å². The summed E-state index contributed by atoms with van der Waals surface area (Å²) in [6.07, 6.45) is 0. The molecule has 0 heterocycles. The Morgan fingerprint density at radius 2 is 1.52 bits per heavy atom. The molecule has 2 rings (SSSR count). The van der Waals surface area contributed by atoms with Crippen molar-refractivity contribution in [3.63, 3.8) is 0 Å². The highest BCUT2D eigenvalue weighted by molar-refractivity contribution is 7.83. The Balaban J connectivity index is 2.02. The first-order chi connectivity index (χ1) is 9.99. The van der Waals surface area contributed by atoms with Gasteiger partial charge in [0.1, 0.15) is 11.0 Å². The topological polar surface area (TPSA) is 41.1 Å². The summed E-state index contributed by atoms with van der Waals surface area (Å²) in [5.41, 5.74) is 8.01. The molecule has 3 nitrogen and oxygen atoms in total. The van der Waals surface area contributed by atoms with Gasteiger partial charge in [-0.2, -0.15) is 4.83 Å². The van der Waals surface area contributed by atoms with Crippen molar-refractivity contribution >= 4 is 11.0 Å². The molecule has 0 saturated carbocycles. The van der Waals surface area contributed by atoms with E-state index in [1.165, 1.54) is 16.7 Å². The standard InChI is InChI=1S/C17H22N2OS/c1-12-8-10-16(11-9-12)21(20)19-18-15(4)17-13(2)6-5-7-14(17)3/h5-11,15,18-19H,1-4H3. The fourth-order valence-electron chi connectivity index (χ4n) is 2.45. The molecule has 2 aromatic rings. The predicted molar refractivity (Wildman–Crippen MR) is 88.2 cm³/mol. The van der Waals surface area contributed by atoms with Crippen LogP contribution in [0.1, 0.15) is 35.2 Å². The lowest BCUT2D eigenvalue weighted by molar-refractivity contribution is 0.544. The van der Waals surface area contributed by atoms with Gasteiger partial charge in [0.25, 0.3) is 0 Å². The molecule has 0 saturated heterocycles. The van der Waals surface area contributed by atoms with Gasteiger partial charge in [-0.1, -0.05) is 35.9 Å². The first-order valence-corrected chi connectivity index (χ1v) is 8.19. The lowest BCUT2D eigenvalue weighted by Crippen LogP contribution is -2.36. The van der Waals surface area contributed by atoms with Gasteiger partial charge in [0.05, 0.1) is 4.90 Å². The Hall–Kier alpha value is -1.49. The van der Waals surface area contributed by atoms with Crippen LogP contribution in [0.3, 0.4) is 0 Å². The summed E-state index contributed by atoms with van der Waals surface area (Å²) in [4.78, 5) is 3.66. The van der Waals surface area contributed by atoms with Crippen LogP contribution < -0.4 is 10.3 Å². The van der Waals surface area contributed by atoms with E-state index in [-0.39, 0.29) is 6.04 Å². The predicted octanol–water partition coefficient (Wildman–Crippen LogP) is 3.49. The highest BCUT2D eigenvalue weighted by Crippen LogP contribution is 2.21. The summed E-state index contributed by atoms with van der Waals surface area (Å²) in [5, 5.41) is 0. The zero-order valence-electron chi connectivity index (χ0n) is 12.9. The molecule has 0 bridgehead atoms. The Labute approximate surface area is 129 Å². The Morgan fingerprint density at radius 1 is 0.952 bits per heavy atom. The maximum Gasteiger partial charge on any atom is 0.138 e. The Kier molecular flexibility index (Phi) is 5.28. The second-order valence-electron chi connectivity index (χ2n) is 5.36. The van der Waals surface area contributed by atoms with Gasteiger partial charge >= 0.3 is 0 Å². The van der Waals surface area contributed by atoms with E-state index in [2.05, 4.69) is 49.2 Å². The van der Waals surface area contributed by atoms with Crippen molar-refractivity contribution in [3.8, 4) is 0 Å². The number of aryl methyl sites for hydroxylation is 3. The van der Waals surface area contributed by atoms with Crippen LogP contribution in [-0.2, 0) is 11.0 Å². The van der Waals surface area contributed by atoms with E-state index < -0.39 is 11.0 Å². The minimum atomic E-state index is -1.26. The summed E-state index contributed by atoms with van der Waals surface area (Å²) in [6, 6.07) is 14.0. The molecule has 2 aromatic carbocycles. The number of nitrogens with one attached hydrogen (secondary N) is 2. The minimum absolute atomic E-state index is 0.0839. The number of hydrazine groups is 1. The molecule has 0 spiro atoms. The molecule has 2 N–H and O–H groups in total. The summed E-state index contributed by atoms with van der Waals surface area (Å²) >= 11 is 0. The Bertz CT molecular complexity index is 617. The zero-order valence-corrected chi connectivity index (χ0v) is 13.8. The van der Waals surface area contributed by atoms with E-state index in [0.29, 0.717) is 0 Å². The van der Waals surface area contributed by atoms with E-state index in [1.54, 1.807) is 0 Å². The molecule has 0 radical (unpaired) electrons. The molecule has 0 aliphatic carbocycles. The fourth-order valence-corrected chi connectivity index (χ4v) is 3.23. The molecule has 112 valence electrons. The number of hydrogen-bond acceptors (Lipinski definition) is 2. The van der Waals surface area contributed by atoms with Crippen LogP contribution in [-0.4, -0.2) is 4.21 Å². The Morgan fingerprint density at radius 3 is 2.10 bits per heavy atom. The largest absolute Gasteiger partial charge is 0.239 e. The fraction of sp³-hybridized carbons (Fsp3) is 0.294. The van der Waals surface area contributed by atoms with E-state index in [9.17, 15) is 4.21 Å². The molecular weight excluding hydrogens is 280 g/mol. The van der Waals surface area contributed by atoms with E-state index in [0.717, 1.165) is 10.5 Å². The van der Waals surface area contributed by atoms with Gasteiger partial charge in [-0.25, -0.2) is 9.63 Å². The third kappa shape index (κ3) is 4.00. The van der Waals surface area contributed by atoms with Crippen molar-refractivity contribution in [3.05, 3.63) is 64.7 Å². The highest BCUT2D eigenvalue weighted by Gasteiger charge is 2.12. The summed E-state index contributed by atoms with van der Waals surface area (Å²) in [7, 11) is -1.26. The van der Waals surface area contributed by atoms with E-state index in [1.807, 2.05) is 31.2 Å². The van der Waals surface area contributed by atoms with Crippen LogP contribution in [0.25, 0.3) is 0 Å². The first kappa shape index (κ1) is 15.9. The second kappa shape index (κ2) is 6.98. The van der Waals surface area contributed by atoms with Gasteiger partial charge in [0.2, 0.25) is 0 Å². The summed E-state index contributed by atoms with van der Waals surface area (Å²) < 4.78 is 12.2. The van der Waals surface area contributed by atoms with Crippen molar-refractivity contribution < 1.29 is 4.21 Å². The molecule has 21 heavy (non-hydrogen) atoms. The molecule has 0 aromatic heterocycles. The smallest absolute Gasteiger partial charge is 0.138 e. The lowest BCUT2D eigenvalue weighted by Gasteiger charge is -2.19. The van der Waals surface area contributed by atoms with Crippen LogP contribution in [0, 0.1) is 20.8 Å². The molecule has 0 fully saturated rings. The number of hydrogen-bond donors (Lipinski definition) is 2. The van der Waals surface area contributed by atoms with Crippen LogP contribution in [0.2, 0.25) is 0 Å². The minimum Gasteiger partial charge on any atom is -0.239 e. The normalized spacial score (nSPS) is 13.9. The van der Waals surface area contributed by atoms with Crippen molar-refractivity contribution in [1.82, 2.24) is 10.3 Å². The SMILES string of the molecule is Cc1ccc(S(=O)NNC(C)c2c(C)cccc2C)cc1. The average Bonchev–Trinajstić information content (AvgIpc) is 2.45. The molecular formula is C17H22N2OS. The monoisotopic (exact) mass is 302 g/mol. The van der Waals surface area contributed by atoms with Gasteiger partial charge in [-0.15, -0.1) is 0 Å². The van der Waals surface area contributed by atoms with Crippen molar-refractivity contribution in [2.45, 2.75) is 38.6 Å². The maximum absolute atomic E-state index is 12.2. The molecule has 0 amide bonds. The van der Waals surface area contributed by atoms with Gasteiger partial charge in [-0.3, -0.25) is 0 Å². The quantitative estimate of drug-likeness (QED) is 0.830.